The Morgan fingerprint density at radius 3 is 2.60 bits per heavy atom. The summed E-state index contributed by atoms with van der Waals surface area (Å²) in [5.41, 5.74) is 2.94. The molecule has 0 heterocycles. The summed E-state index contributed by atoms with van der Waals surface area (Å²) in [4.78, 5) is 22.2. The second kappa shape index (κ2) is 8.38. The van der Waals surface area contributed by atoms with Crippen LogP contribution in [0.25, 0.3) is 6.08 Å². The minimum absolute atomic E-state index is 0.132. The van der Waals surface area contributed by atoms with Gasteiger partial charge in [0.2, 0.25) is 0 Å². The summed E-state index contributed by atoms with van der Waals surface area (Å²) in [7, 11) is 0. The minimum Gasteiger partial charge on any atom is -0.267 e. The van der Waals surface area contributed by atoms with Crippen molar-refractivity contribution in [3.8, 4) is 6.07 Å². The Morgan fingerprint density at radius 2 is 1.96 bits per heavy atom. The summed E-state index contributed by atoms with van der Waals surface area (Å²) in [6, 6.07) is 14.1. The van der Waals surface area contributed by atoms with Gasteiger partial charge >= 0.3 is 0 Å². The molecule has 0 fully saturated rings. The van der Waals surface area contributed by atoms with Crippen LogP contribution >= 0.6 is 11.6 Å². The number of hydrazone groups is 1. The zero-order valence-corrected chi connectivity index (χ0v) is 13.5. The van der Waals surface area contributed by atoms with Gasteiger partial charge < -0.3 is 0 Å². The first-order valence-electron chi connectivity index (χ1n) is 6.95. The predicted octanol–water partition coefficient (Wildman–Crippen LogP) is 3.31. The second-order valence-corrected chi connectivity index (χ2v) is 5.21. The SMILES string of the molecule is N#C/C(=C\c1cccc([N+](=O)[O-])c1)C(=O)N/N=C\c1ccc(Cl)cc1. The van der Waals surface area contributed by atoms with Crippen molar-refractivity contribution in [1.82, 2.24) is 5.43 Å². The molecule has 0 atom stereocenters. The Balaban J connectivity index is 2.10. The summed E-state index contributed by atoms with van der Waals surface area (Å²) < 4.78 is 0. The molecule has 0 saturated heterocycles. The van der Waals surface area contributed by atoms with E-state index in [1.54, 1.807) is 36.4 Å². The average Bonchev–Trinajstić information content (AvgIpc) is 2.61. The predicted molar refractivity (Wildman–Crippen MR) is 93.9 cm³/mol. The highest BCUT2D eigenvalue weighted by atomic mass is 35.5. The molecule has 2 rings (SSSR count). The number of carbonyl (C=O) groups is 1. The monoisotopic (exact) mass is 354 g/mol. The van der Waals surface area contributed by atoms with E-state index in [0.29, 0.717) is 16.1 Å². The quantitative estimate of drug-likeness (QED) is 0.292. The first-order valence-corrected chi connectivity index (χ1v) is 7.32. The van der Waals surface area contributed by atoms with Crippen LogP contribution in [-0.4, -0.2) is 17.0 Å². The lowest BCUT2D eigenvalue weighted by molar-refractivity contribution is -0.384. The van der Waals surface area contributed by atoms with Gasteiger partial charge in [0.05, 0.1) is 11.1 Å². The molecule has 2 aromatic rings. The van der Waals surface area contributed by atoms with Crippen molar-refractivity contribution in [2.45, 2.75) is 0 Å². The zero-order valence-electron chi connectivity index (χ0n) is 12.7. The lowest BCUT2D eigenvalue weighted by Crippen LogP contribution is -2.19. The van der Waals surface area contributed by atoms with Crippen LogP contribution in [0.15, 0.2) is 59.2 Å². The van der Waals surface area contributed by atoms with Crippen LogP contribution in [-0.2, 0) is 4.79 Å². The Kier molecular flexibility index (Phi) is 5.98. The van der Waals surface area contributed by atoms with Gasteiger partial charge in [-0.25, -0.2) is 5.43 Å². The fraction of sp³-hybridized carbons (Fsp3) is 0. The number of halogens is 1. The number of non-ortho nitro benzene ring substituents is 1. The fourth-order valence-electron chi connectivity index (χ4n) is 1.82. The van der Waals surface area contributed by atoms with E-state index in [0.717, 1.165) is 0 Å². The first-order chi connectivity index (χ1) is 12.0. The number of hydrogen-bond acceptors (Lipinski definition) is 5. The number of hydrogen-bond donors (Lipinski definition) is 1. The van der Waals surface area contributed by atoms with Gasteiger partial charge in [-0.05, 0) is 29.3 Å². The van der Waals surface area contributed by atoms with Gasteiger partial charge in [-0.2, -0.15) is 10.4 Å². The lowest BCUT2D eigenvalue weighted by atomic mass is 10.1. The molecule has 25 heavy (non-hydrogen) atoms. The maximum absolute atomic E-state index is 12.0. The number of nitrogens with zero attached hydrogens (tertiary/aromatic N) is 3. The second-order valence-electron chi connectivity index (χ2n) is 4.77. The van der Waals surface area contributed by atoms with E-state index in [9.17, 15) is 14.9 Å². The van der Waals surface area contributed by atoms with Gasteiger partial charge in [0.15, 0.2) is 0 Å². The molecule has 124 valence electrons. The van der Waals surface area contributed by atoms with E-state index < -0.39 is 10.8 Å². The molecule has 0 aromatic heterocycles. The smallest absolute Gasteiger partial charge is 0.267 e. The number of benzene rings is 2. The maximum atomic E-state index is 12.0. The normalized spacial score (nSPS) is 11.1. The van der Waals surface area contributed by atoms with Crippen LogP contribution in [0.4, 0.5) is 5.69 Å². The standard InChI is InChI=1S/C17H11ClN4O3/c18-15-6-4-12(5-7-15)11-20-21-17(23)14(10-19)8-13-2-1-3-16(9-13)22(24)25/h1-9,11H,(H,21,23)/b14-8+,20-11-. The van der Waals surface area contributed by atoms with Crippen LogP contribution in [0.1, 0.15) is 11.1 Å². The first kappa shape index (κ1) is 17.8. The Morgan fingerprint density at radius 1 is 1.24 bits per heavy atom. The molecule has 1 amide bonds. The van der Waals surface area contributed by atoms with Gasteiger partial charge in [-0.15, -0.1) is 0 Å². The molecule has 0 radical (unpaired) electrons. The number of nitrogens with one attached hydrogen (secondary N) is 1. The van der Waals surface area contributed by atoms with Crippen LogP contribution in [0, 0.1) is 21.4 Å². The Bertz CT molecular complexity index is 899. The number of nitriles is 1. The Labute approximate surface area is 148 Å². The van der Waals surface area contributed by atoms with Gasteiger partial charge in [0.25, 0.3) is 11.6 Å². The highest BCUT2D eigenvalue weighted by Gasteiger charge is 2.10. The number of nitro benzene ring substituents is 1. The highest BCUT2D eigenvalue weighted by Crippen LogP contribution is 2.15. The van der Waals surface area contributed by atoms with Gasteiger partial charge in [0.1, 0.15) is 11.6 Å². The van der Waals surface area contributed by atoms with E-state index in [-0.39, 0.29) is 11.3 Å². The van der Waals surface area contributed by atoms with Gasteiger partial charge in [-0.1, -0.05) is 35.9 Å². The molecule has 1 N–H and O–H groups in total. The molecular weight excluding hydrogens is 344 g/mol. The average molecular weight is 355 g/mol. The summed E-state index contributed by atoms with van der Waals surface area (Å²) in [5.74, 6) is -0.723. The highest BCUT2D eigenvalue weighted by molar-refractivity contribution is 6.30. The molecule has 0 unspecified atom stereocenters. The molecule has 0 aliphatic heterocycles. The van der Waals surface area contributed by atoms with Crippen LogP contribution < -0.4 is 5.43 Å². The van der Waals surface area contributed by atoms with E-state index in [2.05, 4.69) is 10.5 Å². The zero-order chi connectivity index (χ0) is 18.2. The number of nitro groups is 1. The van der Waals surface area contributed by atoms with Crippen LogP contribution in [0.3, 0.4) is 0 Å². The van der Waals surface area contributed by atoms with E-state index >= 15 is 0 Å². The summed E-state index contributed by atoms with van der Waals surface area (Å²) in [6.45, 7) is 0. The fourth-order valence-corrected chi connectivity index (χ4v) is 1.94. The largest absolute Gasteiger partial charge is 0.282 e. The number of carbonyl (C=O) groups excluding carboxylic acids is 1. The molecule has 8 heteroatoms. The van der Waals surface area contributed by atoms with Crippen molar-refractivity contribution in [2.75, 3.05) is 0 Å². The minimum atomic E-state index is -0.723. The van der Waals surface area contributed by atoms with Crippen LogP contribution in [0.5, 0.6) is 0 Å². The van der Waals surface area contributed by atoms with Crippen LogP contribution in [0.2, 0.25) is 5.02 Å². The molecular formula is C17H11ClN4O3. The van der Waals surface area contributed by atoms with Gasteiger partial charge in [-0.3, -0.25) is 14.9 Å². The molecule has 0 saturated carbocycles. The van der Waals surface area contributed by atoms with Crippen molar-refractivity contribution < 1.29 is 9.72 Å². The van der Waals surface area contributed by atoms with Crippen molar-refractivity contribution in [1.29, 1.82) is 5.26 Å². The van der Waals surface area contributed by atoms with Crippen molar-refractivity contribution in [2.24, 2.45) is 5.10 Å². The third kappa shape index (κ3) is 5.27. The summed E-state index contributed by atoms with van der Waals surface area (Å²) in [5, 5.41) is 24.2. The molecule has 7 nitrogen and oxygen atoms in total. The van der Waals surface area contributed by atoms with Crippen molar-refractivity contribution >= 4 is 35.5 Å². The molecule has 0 bridgehead atoms. The third-order valence-corrected chi connectivity index (χ3v) is 3.26. The maximum Gasteiger partial charge on any atom is 0.282 e. The molecule has 0 spiro atoms. The molecule has 0 aliphatic rings. The van der Waals surface area contributed by atoms with Crippen molar-refractivity contribution in [3.05, 3.63) is 80.4 Å². The molecule has 0 aliphatic carbocycles. The third-order valence-electron chi connectivity index (χ3n) is 3.01. The lowest BCUT2D eigenvalue weighted by Gasteiger charge is -1.99. The van der Waals surface area contributed by atoms with Gasteiger partial charge in [0, 0.05) is 17.2 Å². The summed E-state index contributed by atoms with van der Waals surface area (Å²) in [6.07, 6.45) is 2.65. The number of rotatable bonds is 5. The topological polar surface area (TPSA) is 108 Å². The van der Waals surface area contributed by atoms with Crippen molar-refractivity contribution in [3.63, 3.8) is 0 Å². The molecule has 2 aromatic carbocycles. The van der Waals surface area contributed by atoms with E-state index in [1.165, 1.54) is 30.5 Å². The Hall–Kier alpha value is -3.50. The summed E-state index contributed by atoms with van der Waals surface area (Å²) >= 11 is 5.76. The number of amides is 1. The van der Waals surface area contributed by atoms with E-state index in [4.69, 9.17) is 16.9 Å². The van der Waals surface area contributed by atoms with E-state index in [1.807, 2.05) is 0 Å².